The largest absolute Gasteiger partial charge is 0.310 e. The number of rotatable bonds is 7. The molecule has 2 aromatic rings. The van der Waals surface area contributed by atoms with Gasteiger partial charge in [-0.25, -0.2) is 0 Å². The number of benzene rings is 1. The van der Waals surface area contributed by atoms with E-state index in [0.29, 0.717) is 6.04 Å². The van der Waals surface area contributed by atoms with Gasteiger partial charge in [-0.15, -0.1) is 11.3 Å². The molecule has 1 nitrogen and oxygen atoms in total. The Labute approximate surface area is 124 Å². The quantitative estimate of drug-likeness (QED) is 0.751. The van der Waals surface area contributed by atoms with Crippen molar-refractivity contribution >= 4 is 22.9 Å². The van der Waals surface area contributed by atoms with Crippen molar-refractivity contribution in [2.75, 3.05) is 6.54 Å². The first-order chi connectivity index (χ1) is 9.31. The van der Waals surface area contributed by atoms with Crippen molar-refractivity contribution in [3.63, 3.8) is 0 Å². The van der Waals surface area contributed by atoms with E-state index in [1.54, 1.807) is 11.3 Å². The molecule has 0 spiro atoms. The van der Waals surface area contributed by atoms with Gasteiger partial charge in [-0.05, 0) is 42.8 Å². The van der Waals surface area contributed by atoms with Crippen LogP contribution >= 0.6 is 22.9 Å². The zero-order valence-electron chi connectivity index (χ0n) is 11.2. The summed E-state index contributed by atoms with van der Waals surface area (Å²) in [7, 11) is 0. The van der Waals surface area contributed by atoms with Gasteiger partial charge >= 0.3 is 0 Å². The van der Waals surface area contributed by atoms with Crippen LogP contribution in [0.5, 0.6) is 0 Å². The number of halogens is 1. The van der Waals surface area contributed by atoms with Crippen molar-refractivity contribution in [2.24, 2.45) is 0 Å². The second-order valence-electron chi connectivity index (χ2n) is 4.65. The number of nitrogens with one attached hydrogen (secondary N) is 1. The SMILES string of the molecule is CCCNC(CCc1sccc1Cl)c1ccccc1. The first kappa shape index (κ1) is 14.6. The molecule has 0 bridgehead atoms. The highest BCUT2D eigenvalue weighted by atomic mass is 35.5. The summed E-state index contributed by atoms with van der Waals surface area (Å²) >= 11 is 7.91. The van der Waals surface area contributed by atoms with E-state index in [1.165, 1.54) is 10.4 Å². The van der Waals surface area contributed by atoms with Gasteiger partial charge in [0.2, 0.25) is 0 Å². The highest BCUT2D eigenvalue weighted by Crippen LogP contribution is 2.26. The molecule has 0 aliphatic heterocycles. The molecular weight excluding hydrogens is 274 g/mol. The molecule has 2 rings (SSSR count). The molecule has 0 radical (unpaired) electrons. The van der Waals surface area contributed by atoms with E-state index in [-0.39, 0.29) is 0 Å². The minimum absolute atomic E-state index is 0.416. The van der Waals surface area contributed by atoms with E-state index in [1.807, 2.05) is 6.07 Å². The topological polar surface area (TPSA) is 12.0 Å². The fourth-order valence-corrected chi connectivity index (χ4v) is 3.32. The molecule has 0 saturated heterocycles. The smallest absolute Gasteiger partial charge is 0.0544 e. The first-order valence-electron chi connectivity index (χ1n) is 6.81. The van der Waals surface area contributed by atoms with Gasteiger partial charge in [0.1, 0.15) is 0 Å². The van der Waals surface area contributed by atoms with Crippen LogP contribution in [0, 0.1) is 0 Å². The van der Waals surface area contributed by atoms with Gasteiger partial charge in [0, 0.05) is 10.9 Å². The van der Waals surface area contributed by atoms with Crippen molar-refractivity contribution in [1.29, 1.82) is 0 Å². The molecule has 0 aliphatic carbocycles. The van der Waals surface area contributed by atoms with Crippen LogP contribution in [0.2, 0.25) is 5.02 Å². The third-order valence-electron chi connectivity index (χ3n) is 3.19. The molecule has 1 heterocycles. The average Bonchev–Trinajstić information content (AvgIpc) is 2.85. The fraction of sp³-hybridized carbons (Fsp3) is 0.375. The lowest BCUT2D eigenvalue weighted by Gasteiger charge is -2.18. The Bertz CT molecular complexity index is 481. The standard InChI is InChI=1S/C16H20ClNS/c1-2-11-18-15(13-6-4-3-5-7-13)8-9-16-14(17)10-12-19-16/h3-7,10,12,15,18H,2,8-9,11H2,1H3. The molecule has 3 heteroatoms. The van der Waals surface area contributed by atoms with Crippen LogP contribution in [0.4, 0.5) is 0 Å². The number of hydrogen-bond donors (Lipinski definition) is 1. The highest BCUT2D eigenvalue weighted by molar-refractivity contribution is 7.10. The molecular formula is C16H20ClNS. The van der Waals surface area contributed by atoms with Gasteiger partial charge in [0.25, 0.3) is 0 Å². The summed E-state index contributed by atoms with van der Waals surface area (Å²) in [6, 6.07) is 13.1. The van der Waals surface area contributed by atoms with Crippen LogP contribution in [0.3, 0.4) is 0 Å². The van der Waals surface area contributed by atoms with Gasteiger partial charge in [-0.3, -0.25) is 0 Å². The molecule has 19 heavy (non-hydrogen) atoms. The third-order valence-corrected chi connectivity index (χ3v) is 4.64. The van der Waals surface area contributed by atoms with E-state index in [0.717, 1.165) is 30.8 Å². The number of aryl methyl sites for hydroxylation is 1. The van der Waals surface area contributed by atoms with E-state index in [2.05, 4.69) is 48.0 Å². The van der Waals surface area contributed by atoms with E-state index in [4.69, 9.17) is 11.6 Å². The Morgan fingerprint density at radius 1 is 1.21 bits per heavy atom. The van der Waals surface area contributed by atoms with Gasteiger partial charge in [0.15, 0.2) is 0 Å². The van der Waals surface area contributed by atoms with Crippen molar-refractivity contribution in [3.05, 3.63) is 57.2 Å². The lowest BCUT2D eigenvalue weighted by Crippen LogP contribution is -2.22. The zero-order valence-corrected chi connectivity index (χ0v) is 12.8. The average molecular weight is 294 g/mol. The lowest BCUT2D eigenvalue weighted by atomic mass is 10.0. The summed E-state index contributed by atoms with van der Waals surface area (Å²) < 4.78 is 0. The van der Waals surface area contributed by atoms with Crippen LogP contribution in [0.15, 0.2) is 41.8 Å². The van der Waals surface area contributed by atoms with Crippen molar-refractivity contribution in [1.82, 2.24) is 5.32 Å². The van der Waals surface area contributed by atoms with Gasteiger partial charge in [-0.2, -0.15) is 0 Å². The monoisotopic (exact) mass is 293 g/mol. The zero-order chi connectivity index (χ0) is 13.5. The Balaban J connectivity index is 2.00. The molecule has 0 aliphatic rings. The summed E-state index contributed by atoms with van der Waals surface area (Å²) in [5.41, 5.74) is 1.36. The lowest BCUT2D eigenvalue weighted by molar-refractivity contribution is 0.501. The molecule has 1 N–H and O–H groups in total. The maximum absolute atomic E-state index is 6.16. The van der Waals surface area contributed by atoms with Gasteiger partial charge in [0.05, 0.1) is 5.02 Å². The van der Waals surface area contributed by atoms with Crippen LogP contribution in [-0.4, -0.2) is 6.54 Å². The molecule has 1 atom stereocenters. The van der Waals surface area contributed by atoms with E-state index >= 15 is 0 Å². The first-order valence-corrected chi connectivity index (χ1v) is 8.07. The maximum Gasteiger partial charge on any atom is 0.0544 e. The summed E-state index contributed by atoms with van der Waals surface area (Å²) in [6.07, 6.45) is 3.28. The molecule has 0 saturated carbocycles. The third kappa shape index (κ3) is 4.34. The summed E-state index contributed by atoms with van der Waals surface area (Å²) in [5.74, 6) is 0. The van der Waals surface area contributed by atoms with Gasteiger partial charge < -0.3 is 5.32 Å². The molecule has 1 aromatic heterocycles. The molecule has 1 aromatic carbocycles. The van der Waals surface area contributed by atoms with Crippen molar-refractivity contribution < 1.29 is 0 Å². The summed E-state index contributed by atoms with van der Waals surface area (Å²) in [6.45, 7) is 3.25. The predicted octanol–water partition coefficient (Wildman–Crippen LogP) is 5.08. The maximum atomic E-state index is 6.16. The van der Waals surface area contributed by atoms with Crippen LogP contribution in [0.25, 0.3) is 0 Å². The van der Waals surface area contributed by atoms with Crippen LogP contribution in [0.1, 0.15) is 36.2 Å². The Kier molecular flexibility index (Phi) is 5.90. The highest BCUT2D eigenvalue weighted by Gasteiger charge is 2.11. The summed E-state index contributed by atoms with van der Waals surface area (Å²) in [5, 5.41) is 6.60. The second kappa shape index (κ2) is 7.68. The van der Waals surface area contributed by atoms with Crippen molar-refractivity contribution in [3.8, 4) is 0 Å². The predicted molar refractivity (Wildman–Crippen MR) is 85.1 cm³/mol. The Morgan fingerprint density at radius 2 is 2.00 bits per heavy atom. The number of thiophene rings is 1. The second-order valence-corrected chi connectivity index (χ2v) is 6.06. The van der Waals surface area contributed by atoms with Crippen molar-refractivity contribution in [2.45, 2.75) is 32.2 Å². The van der Waals surface area contributed by atoms with Crippen LogP contribution < -0.4 is 5.32 Å². The van der Waals surface area contributed by atoms with E-state index < -0.39 is 0 Å². The minimum Gasteiger partial charge on any atom is -0.310 e. The minimum atomic E-state index is 0.416. The Hall–Kier alpha value is -0.830. The molecule has 1 unspecified atom stereocenters. The van der Waals surface area contributed by atoms with E-state index in [9.17, 15) is 0 Å². The van der Waals surface area contributed by atoms with Gasteiger partial charge in [-0.1, -0.05) is 48.9 Å². The summed E-state index contributed by atoms with van der Waals surface area (Å²) in [4.78, 5) is 1.29. The normalized spacial score (nSPS) is 12.5. The number of hydrogen-bond acceptors (Lipinski definition) is 2. The fourth-order valence-electron chi connectivity index (χ4n) is 2.17. The Morgan fingerprint density at radius 3 is 2.63 bits per heavy atom. The van der Waals surface area contributed by atoms with Crippen LogP contribution in [-0.2, 0) is 6.42 Å². The molecule has 0 amide bonds. The molecule has 0 fully saturated rings. The molecule has 102 valence electrons.